The molecule has 2 aromatic heterocycles. The number of nitrogens with zero attached hydrogens (tertiary/aromatic N) is 4. The first-order valence-corrected chi connectivity index (χ1v) is 12.0. The van der Waals surface area contributed by atoms with Gasteiger partial charge in [-0.2, -0.15) is 0 Å². The molecule has 11 heteroatoms. The largest absolute Gasteiger partial charge is 0.373 e. The quantitative estimate of drug-likeness (QED) is 0.520. The second-order valence-electron chi connectivity index (χ2n) is 9.51. The number of carbonyl (C=O) groups excluding carboxylic acids is 1. The minimum atomic E-state index is -2.94. The van der Waals surface area contributed by atoms with Crippen molar-refractivity contribution in [2.24, 2.45) is 7.05 Å². The number of pyridine rings is 1. The van der Waals surface area contributed by atoms with Gasteiger partial charge in [0.25, 0.3) is 12.0 Å². The van der Waals surface area contributed by atoms with Crippen molar-refractivity contribution >= 4 is 22.8 Å². The Morgan fingerprint density at radius 3 is 2.59 bits per heavy atom. The molecule has 1 N–H and O–H groups in total. The van der Waals surface area contributed by atoms with E-state index < -0.39 is 29.4 Å². The van der Waals surface area contributed by atoms with Gasteiger partial charge in [0.15, 0.2) is 0 Å². The van der Waals surface area contributed by atoms with Crippen LogP contribution in [-0.4, -0.2) is 45.0 Å². The zero-order valence-electron chi connectivity index (χ0n) is 21.4. The Balaban J connectivity index is 1.79. The van der Waals surface area contributed by atoms with Crippen molar-refractivity contribution in [1.29, 1.82) is 0 Å². The molecule has 0 aliphatic carbocycles. The molecule has 3 aromatic rings. The number of fused-ring (bicyclic) bond motifs is 1. The van der Waals surface area contributed by atoms with E-state index in [-0.39, 0.29) is 23.1 Å². The zero-order valence-corrected chi connectivity index (χ0v) is 21.4. The molecule has 198 valence electrons. The number of likely N-dealkylation sites (tertiary alicyclic amines) is 1. The standard InChI is InChI=1S/C26H30F3N5O3/c1-14-12-26(37-5,9-10-34(14)16(3)35)20-11-19-23(30-13-31-24(19)33(4)25(20)36)32-15(2)17-7-6-8-18(21(17)27)22(28)29/h6-8,11,13-15,22H,9-10,12H2,1-5H3,(H,30,31,32)/t14-,15+,26-/m0/s1. The number of nitrogens with one attached hydrogen (secondary N) is 1. The Bertz CT molecular complexity index is 1400. The van der Waals surface area contributed by atoms with Crippen LogP contribution in [0.1, 0.15) is 62.8 Å². The van der Waals surface area contributed by atoms with Gasteiger partial charge in [-0.25, -0.2) is 23.1 Å². The zero-order chi connectivity index (χ0) is 27.1. The van der Waals surface area contributed by atoms with Crippen LogP contribution in [0.25, 0.3) is 11.0 Å². The van der Waals surface area contributed by atoms with Gasteiger partial charge in [-0.1, -0.05) is 18.2 Å². The normalized spacial score (nSPS) is 20.9. The lowest BCUT2D eigenvalue weighted by Crippen LogP contribution is -2.52. The summed E-state index contributed by atoms with van der Waals surface area (Å²) in [4.78, 5) is 35.8. The Hall–Kier alpha value is -3.47. The molecule has 1 saturated heterocycles. The molecule has 0 bridgehead atoms. The molecule has 3 atom stereocenters. The summed E-state index contributed by atoms with van der Waals surface area (Å²) in [6, 6.07) is 4.69. The van der Waals surface area contributed by atoms with E-state index in [1.165, 1.54) is 30.0 Å². The molecule has 1 aliphatic rings. The monoisotopic (exact) mass is 517 g/mol. The van der Waals surface area contributed by atoms with Crippen molar-refractivity contribution < 1.29 is 22.7 Å². The van der Waals surface area contributed by atoms with Gasteiger partial charge in [0.1, 0.15) is 29.2 Å². The number of aryl methyl sites for hydroxylation is 1. The lowest BCUT2D eigenvalue weighted by Gasteiger charge is -2.44. The maximum atomic E-state index is 14.8. The molecule has 0 saturated carbocycles. The number of halogens is 3. The van der Waals surface area contributed by atoms with E-state index >= 15 is 0 Å². The van der Waals surface area contributed by atoms with Crippen LogP contribution in [0.5, 0.6) is 0 Å². The number of aromatic nitrogens is 3. The molecule has 0 unspecified atom stereocenters. The summed E-state index contributed by atoms with van der Waals surface area (Å²) in [5.41, 5.74) is -1.08. The Morgan fingerprint density at radius 1 is 1.27 bits per heavy atom. The number of hydrogen-bond acceptors (Lipinski definition) is 6. The number of anilines is 1. The Kier molecular flexibility index (Phi) is 7.27. The van der Waals surface area contributed by atoms with Gasteiger partial charge in [-0.15, -0.1) is 0 Å². The first-order chi connectivity index (χ1) is 17.5. The van der Waals surface area contributed by atoms with Gasteiger partial charge in [-0.3, -0.25) is 14.2 Å². The van der Waals surface area contributed by atoms with E-state index in [4.69, 9.17) is 4.74 Å². The summed E-state index contributed by atoms with van der Waals surface area (Å²) in [5, 5.41) is 3.60. The summed E-state index contributed by atoms with van der Waals surface area (Å²) in [5.74, 6) is -0.703. The first kappa shape index (κ1) is 26.6. The fourth-order valence-electron chi connectivity index (χ4n) is 5.28. The summed E-state index contributed by atoms with van der Waals surface area (Å²) < 4.78 is 48.6. The van der Waals surface area contributed by atoms with Crippen molar-refractivity contribution in [1.82, 2.24) is 19.4 Å². The molecule has 1 amide bonds. The molecule has 3 heterocycles. The number of benzene rings is 1. The van der Waals surface area contributed by atoms with E-state index in [1.54, 1.807) is 32.0 Å². The van der Waals surface area contributed by atoms with Crippen molar-refractivity contribution in [3.05, 3.63) is 63.5 Å². The number of carbonyl (C=O) groups is 1. The van der Waals surface area contributed by atoms with E-state index in [0.717, 1.165) is 6.07 Å². The summed E-state index contributed by atoms with van der Waals surface area (Å²) in [6.07, 6.45) is -0.817. The fraction of sp³-hybridized carbons (Fsp3) is 0.462. The number of piperidine rings is 1. The second kappa shape index (κ2) is 10.1. The summed E-state index contributed by atoms with van der Waals surface area (Å²) in [7, 11) is 3.14. The molecule has 1 aliphatic heterocycles. The predicted molar refractivity (Wildman–Crippen MR) is 133 cm³/mol. The minimum Gasteiger partial charge on any atom is -0.373 e. The molecule has 8 nitrogen and oxygen atoms in total. The number of ether oxygens (including phenoxy) is 1. The van der Waals surface area contributed by atoms with Gasteiger partial charge in [0.2, 0.25) is 5.91 Å². The number of amides is 1. The molecular formula is C26H30F3N5O3. The number of hydrogen-bond donors (Lipinski definition) is 1. The highest BCUT2D eigenvalue weighted by molar-refractivity contribution is 5.87. The van der Waals surface area contributed by atoms with Crippen molar-refractivity contribution in [2.75, 3.05) is 19.0 Å². The first-order valence-electron chi connectivity index (χ1n) is 12.0. The molecule has 37 heavy (non-hydrogen) atoms. The van der Waals surface area contributed by atoms with Crippen LogP contribution in [0.2, 0.25) is 0 Å². The van der Waals surface area contributed by atoms with Gasteiger partial charge in [0.05, 0.1) is 22.6 Å². The van der Waals surface area contributed by atoms with Gasteiger partial charge < -0.3 is 15.0 Å². The third-order valence-corrected chi connectivity index (χ3v) is 7.32. The lowest BCUT2D eigenvalue weighted by molar-refractivity contribution is -0.140. The van der Waals surface area contributed by atoms with E-state index in [1.807, 2.05) is 6.92 Å². The van der Waals surface area contributed by atoms with Crippen LogP contribution in [0.3, 0.4) is 0 Å². The number of rotatable bonds is 6. The second-order valence-corrected chi connectivity index (χ2v) is 9.51. The third kappa shape index (κ3) is 4.68. The minimum absolute atomic E-state index is 0.0411. The fourth-order valence-corrected chi connectivity index (χ4v) is 5.28. The predicted octanol–water partition coefficient (Wildman–Crippen LogP) is 4.45. The average Bonchev–Trinajstić information content (AvgIpc) is 2.85. The van der Waals surface area contributed by atoms with E-state index in [9.17, 15) is 22.8 Å². The van der Waals surface area contributed by atoms with E-state index in [2.05, 4.69) is 15.3 Å². The average molecular weight is 518 g/mol. The van der Waals surface area contributed by atoms with Crippen molar-refractivity contribution in [2.45, 2.75) is 57.7 Å². The summed E-state index contributed by atoms with van der Waals surface area (Å²) in [6.45, 7) is 5.50. The van der Waals surface area contributed by atoms with E-state index in [0.29, 0.717) is 41.8 Å². The Morgan fingerprint density at radius 2 is 1.97 bits per heavy atom. The Labute approximate surface area is 212 Å². The van der Waals surface area contributed by atoms with Crippen LogP contribution in [0, 0.1) is 5.82 Å². The van der Waals surface area contributed by atoms with Crippen LogP contribution in [0.15, 0.2) is 35.4 Å². The molecule has 0 spiro atoms. The number of alkyl halides is 2. The van der Waals surface area contributed by atoms with Crippen LogP contribution in [0.4, 0.5) is 19.0 Å². The molecule has 1 fully saturated rings. The number of methoxy groups -OCH3 is 1. The SMILES string of the molecule is CO[C@@]1(c2cc3c(N[C@H](C)c4cccc(C(F)F)c4F)ncnc3n(C)c2=O)CCN(C(C)=O)[C@@H](C)C1. The highest BCUT2D eigenvalue weighted by Crippen LogP contribution is 2.39. The third-order valence-electron chi connectivity index (χ3n) is 7.32. The topological polar surface area (TPSA) is 89.3 Å². The van der Waals surface area contributed by atoms with Gasteiger partial charge in [-0.05, 0) is 26.3 Å². The lowest BCUT2D eigenvalue weighted by atomic mass is 9.81. The van der Waals surface area contributed by atoms with Gasteiger partial charge in [0, 0.05) is 45.7 Å². The summed E-state index contributed by atoms with van der Waals surface area (Å²) >= 11 is 0. The van der Waals surface area contributed by atoms with Crippen LogP contribution >= 0.6 is 0 Å². The van der Waals surface area contributed by atoms with Crippen LogP contribution < -0.4 is 10.9 Å². The molecule has 1 aromatic carbocycles. The maximum Gasteiger partial charge on any atom is 0.266 e. The van der Waals surface area contributed by atoms with Crippen LogP contribution in [-0.2, 0) is 22.2 Å². The van der Waals surface area contributed by atoms with Crippen molar-refractivity contribution in [3.63, 3.8) is 0 Å². The van der Waals surface area contributed by atoms with Gasteiger partial charge >= 0.3 is 0 Å². The molecular weight excluding hydrogens is 487 g/mol. The maximum absolute atomic E-state index is 14.8. The van der Waals surface area contributed by atoms with Crippen molar-refractivity contribution in [3.8, 4) is 0 Å². The molecule has 0 radical (unpaired) electrons. The highest BCUT2D eigenvalue weighted by Gasteiger charge is 2.43. The highest BCUT2D eigenvalue weighted by atomic mass is 19.3. The smallest absolute Gasteiger partial charge is 0.266 e. The molecule has 4 rings (SSSR count).